The second-order valence-electron chi connectivity index (χ2n) is 10.5. The number of aromatic nitrogens is 2. The quantitative estimate of drug-likeness (QED) is 0.485. The summed E-state index contributed by atoms with van der Waals surface area (Å²) in [6.07, 6.45) is 5.05. The van der Waals surface area contributed by atoms with Crippen molar-refractivity contribution in [1.82, 2.24) is 19.6 Å². The zero-order chi connectivity index (χ0) is 28.0. The highest BCUT2D eigenvalue weighted by molar-refractivity contribution is 6.20. The van der Waals surface area contributed by atoms with E-state index < -0.39 is 29.3 Å². The van der Waals surface area contributed by atoms with E-state index in [0.717, 1.165) is 29.7 Å². The van der Waals surface area contributed by atoms with Crippen LogP contribution in [0.3, 0.4) is 0 Å². The number of hydrogen-bond donors (Lipinski definition) is 1. The molecule has 208 valence electrons. The van der Waals surface area contributed by atoms with Crippen LogP contribution in [-0.2, 0) is 22.4 Å². The Morgan fingerprint density at radius 1 is 1.02 bits per heavy atom. The van der Waals surface area contributed by atoms with Gasteiger partial charge in [-0.05, 0) is 49.1 Å². The zero-order valence-electron chi connectivity index (χ0n) is 22.5. The van der Waals surface area contributed by atoms with Crippen LogP contribution in [0.25, 0.3) is 5.65 Å². The lowest BCUT2D eigenvalue weighted by molar-refractivity contribution is -0.153. The van der Waals surface area contributed by atoms with Gasteiger partial charge < -0.3 is 14.4 Å². The van der Waals surface area contributed by atoms with Crippen molar-refractivity contribution in [2.45, 2.75) is 44.6 Å². The summed E-state index contributed by atoms with van der Waals surface area (Å²) in [5.74, 6) is 0.429. The number of benzene rings is 1. The van der Waals surface area contributed by atoms with E-state index in [2.05, 4.69) is 5.32 Å². The number of methoxy groups -OCH3 is 2. The van der Waals surface area contributed by atoms with Crippen molar-refractivity contribution in [2.24, 2.45) is 5.41 Å². The number of imide groups is 2. The molecule has 3 aliphatic rings. The van der Waals surface area contributed by atoms with Crippen LogP contribution in [-0.4, -0.2) is 65.5 Å². The number of carbonyl (C=O) groups excluding carboxylic acids is 3. The number of barbiturate groups is 1. The first-order chi connectivity index (χ1) is 19.4. The topological polar surface area (TPSA) is 123 Å². The van der Waals surface area contributed by atoms with Gasteiger partial charge in [0.15, 0.2) is 16.9 Å². The maximum Gasteiger partial charge on any atom is 0.330 e. The average Bonchev–Trinajstić information content (AvgIpc) is 3.23. The fourth-order valence-corrected chi connectivity index (χ4v) is 6.41. The lowest BCUT2D eigenvalue weighted by Gasteiger charge is -2.50. The highest BCUT2D eigenvalue weighted by Gasteiger charge is 2.62. The lowest BCUT2D eigenvalue weighted by Crippen LogP contribution is -2.72. The molecule has 6 rings (SSSR count). The van der Waals surface area contributed by atoms with Gasteiger partial charge in [0.2, 0.25) is 11.8 Å². The Morgan fingerprint density at radius 2 is 1.85 bits per heavy atom. The molecule has 0 bridgehead atoms. The summed E-state index contributed by atoms with van der Waals surface area (Å²) in [6.45, 7) is 0.624. The maximum absolute atomic E-state index is 14.4. The Labute approximate surface area is 230 Å². The molecular formula is C29H31N5O6. The predicted octanol–water partition coefficient (Wildman–Crippen LogP) is 2.32. The van der Waals surface area contributed by atoms with Crippen molar-refractivity contribution in [2.75, 3.05) is 32.2 Å². The van der Waals surface area contributed by atoms with Gasteiger partial charge in [-0.1, -0.05) is 25.0 Å². The summed E-state index contributed by atoms with van der Waals surface area (Å²) < 4.78 is 12.1. The summed E-state index contributed by atoms with van der Waals surface area (Å²) >= 11 is 0. The predicted molar refractivity (Wildman–Crippen MR) is 146 cm³/mol. The van der Waals surface area contributed by atoms with E-state index in [9.17, 15) is 19.2 Å². The van der Waals surface area contributed by atoms with Gasteiger partial charge >= 0.3 is 6.03 Å². The first kappa shape index (κ1) is 25.8. The molecule has 1 aromatic carbocycles. The minimum absolute atomic E-state index is 0.0592. The third-order valence-electron chi connectivity index (χ3n) is 8.42. The van der Waals surface area contributed by atoms with Crippen LogP contribution in [0.1, 0.15) is 36.8 Å². The van der Waals surface area contributed by atoms with E-state index in [1.54, 1.807) is 44.7 Å². The van der Waals surface area contributed by atoms with Crippen LogP contribution in [0.5, 0.6) is 11.5 Å². The number of fused-ring (bicyclic) bond motifs is 5. The Kier molecular flexibility index (Phi) is 6.44. The van der Waals surface area contributed by atoms with Crippen LogP contribution < -0.4 is 25.2 Å². The van der Waals surface area contributed by atoms with E-state index in [4.69, 9.17) is 14.5 Å². The Hall–Kier alpha value is -4.41. The van der Waals surface area contributed by atoms with Gasteiger partial charge in [-0.25, -0.2) is 9.78 Å². The van der Waals surface area contributed by atoms with Crippen LogP contribution in [0.2, 0.25) is 0 Å². The third kappa shape index (κ3) is 3.90. The van der Waals surface area contributed by atoms with Gasteiger partial charge in [0.05, 0.1) is 25.8 Å². The molecule has 1 spiro atoms. The van der Waals surface area contributed by atoms with Gasteiger partial charge in [-0.2, -0.15) is 0 Å². The first-order valence-electron chi connectivity index (χ1n) is 13.5. The summed E-state index contributed by atoms with van der Waals surface area (Å²) in [7, 11) is 3.09. The number of pyridine rings is 1. The number of carbonyl (C=O) groups is 3. The SMILES string of the molecule is COc1ccc(CCN2C(=O)NC(=O)[C@@]3(Cc4c(nc5ccccn5c4=O)N4CCCCC[C@@H]43)C2=O)cc1OC. The van der Waals surface area contributed by atoms with E-state index >= 15 is 0 Å². The minimum atomic E-state index is -1.62. The summed E-state index contributed by atoms with van der Waals surface area (Å²) in [6, 6.07) is 9.46. The van der Waals surface area contributed by atoms with E-state index in [1.807, 2.05) is 17.0 Å². The molecule has 2 aromatic heterocycles. The molecule has 5 heterocycles. The second kappa shape index (κ2) is 9.96. The lowest BCUT2D eigenvalue weighted by atomic mass is 9.68. The molecule has 0 unspecified atom stereocenters. The van der Waals surface area contributed by atoms with Crippen molar-refractivity contribution < 1.29 is 23.9 Å². The molecule has 0 saturated carbocycles. The Balaban J connectivity index is 1.41. The maximum atomic E-state index is 14.4. The fourth-order valence-electron chi connectivity index (χ4n) is 6.41. The second-order valence-corrected chi connectivity index (χ2v) is 10.5. The van der Waals surface area contributed by atoms with Crippen molar-refractivity contribution in [1.29, 1.82) is 0 Å². The van der Waals surface area contributed by atoms with Crippen LogP contribution in [0, 0.1) is 5.41 Å². The van der Waals surface area contributed by atoms with E-state index in [-0.39, 0.29) is 18.5 Å². The molecule has 3 aromatic rings. The standard InChI is InChI=1S/C29H31N5O6/c1-39-20-11-10-18(16-21(20)40-2)12-15-34-27(37)29(26(36)31-28(34)38)17-19-24(32-13-6-3-4-8-22(29)32)30-23-9-5-7-14-33(23)25(19)35/h5,7,9-11,14,16,22H,3-4,6,8,12-13,15,17H2,1-2H3,(H,31,36,38)/t22-,29+/m1/s1. The van der Waals surface area contributed by atoms with Crippen molar-refractivity contribution in [3.05, 3.63) is 64.1 Å². The molecule has 0 radical (unpaired) electrons. The van der Waals surface area contributed by atoms with Gasteiger partial charge in [0.1, 0.15) is 11.5 Å². The van der Waals surface area contributed by atoms with Crippen LogP contribution in [0.4, 0.5) is 10.6 Å². The van der Waals surface area contributed by atoms with Gasteiger partial charge in [-0.15, -0.1) is 0 Å². The van der Waals surface area contributed by atoms with E-state index in [0.29, 0.717) is 47.9 Å². The van der Waals surface area contributed by atoms with Gasteiger partial charge in [0.25, 0.3) is 5.56 Å². The largest absolute Gasteiger partial charge is 0.493 e. The van der Waals surface area contributed by atoms with E-state index in [1.165, 1.54) is 4.40 Å². The molecule has 1 N–H and O–H groups in total. The number of urea groups is 1. The number of amides is 4. The van der Waals surface area contributed by atoms with Crippen molar-refractivity contribution in [3.63, 3.8) is 0 Å². The third-order valence-corrected chi connectivity index (χ3v) is 8.42. The molecule has 0 aliphatic carbocycles. The number of nitrogens with one attached hydrogen (secondary N) is 1. The number of nitrogens with zero attached hydrogens (tertiary/aromatic N) is 4. The van der Waals surface area contributed by atoms with Gasteiger partial charge in [0, 0.05) is 25.7 Å². The number of ether oxygens (including phenoxy) is 2. The first-order valence-corrected chi connectivity index (χ1v) is 13.5. The molecule has 11 nitrogen and oxygen atoms in total. The molecule has 4 amide bonds. The van der Waals surface area contributed by atoms with Crippen LogP contribution >= 0.6 is 0 Å². The summed E-state index contributed by atoms with van der Waals surface area (Å²) in [5.41, 5.74) is -0.261. The Morgan fingerprint density at radius 3 is 2.65 bits per heavy atom. The molecule has 40 heavy (non-hydrogen) atoms. The number of hydrogen-bond acceptors (Lipinski definition) is 8. The van der Waals surface area contributed by atoms with Crippen molar-refractivity contribution >= 4 is 29.3 Å². The average molecular weight is 546 g/mol. The molecule has 2 fully saturated rings. The highest BCUT2D eigenvalue weighted by atomic mass is 16.5. The molecule has 2 atom stereocenters. The fraction of sp³-hybridized carbons (Fsp3) is 0.414. The molecular weight excluding hydrogens is 514 g/mol. The molecule has 2 saturated heterocycles. The highest BCUT2D eigenvalue weighted by Crippen LogP contribution is 2.45. The number of anilines is 1. The van der Waals surface area contributed by atoms with Crippen molar-refractivity contribution in [3.8, 4) is 11.5 Å². The monoisotopic (exact) mass is 545 g/mol. The van der Waals surface area contributed by atoms with Gasteiger partial charge in [-0.3, -0.25) is 29.0 Å². The molecule has 3 aliphatic heterocycles. The normalized spacial score (nSPS) is 22.6. The summed E-state index contributed by atoms with van der Waals surface area (Å²) in [4.78, 5) is 62.8. The summed E-state index contributed by atoms with van der Waals surface area (Å²) in [5, 5.41) is 2.46. The number of rotatable bonds is 5. The molecule has 11 heteroatoms. The Bertz CT molecular complexity index is 1580. The van der Waals surface area contributed by atoms with Crippen LogP contribution in [0.15, 0.2) is 47.4 Å². The smallest absolute Gasteiger partial charge is 0.330 e. The zero-order valence-corrected chi connectivity index (χ0v) is 22.5. The minimum Gasteiger partial charge on any atom is -0.493 e.